The Bertz CT molecular complexity index is 474. The van der Waals surface area contributed by atoms with E-state index in [-0.39, 0.29) is 0 Å². The molecule has 0 unspecified atom stereocenters. The summed E-state index contributed by atoms with van der Waals surface area (Å²) in [5.74, 6) is 0.646. The fourth-order valence-corrected chi connectivity index (χ4v) is 1.33. The Balaban J connectivity index is 2.50. The van der Waals surface area contributed by atoms with Crippen LogP contribution >= 0.6 is 0 Å². The van der Waals surface area contributed by atoms with Gasteiger partial charge in [0.15, 0.2) is 5.76 Å². The molecule has 0 aliphatic carbocycles. The number of furan rings is 1. The second-order valence-corrected chi connectivity index (χ2v) is 3.14. The van der Waals surface area contributed by atoms with Crippen molar-refractivity contribution in [3.8, 4) is 17.4 Å². The molecule has 0 aliphatic heterocycles. The second kappa shape index (κ2) is 3.39. The molecule has 1 heterocycles. The van der Waals surface area contributed by atoms with E-state index in [9.17, 15) is 0 Å². The third-order valence-electron chi connectivity index (χ3n) is 2.10. The van der Waals surface area contributed by atoms with Crippen LogP contribution in [0.5, 0.6) is 0 Å². The van der Waals surface area contributed by atoms with Crippen molar-refractivity contribution < 1.29 is 4.42 Å². The number of benzene rings is 1. The van der Waals surface area contributed by atoms with Gasteiger partial charge in [-0.3, -0.25) is 0 Å². The molecule has 0 spiro atoms. The minimum atomic E-state index is 0.578. The largest absolute Gasteiger partial charge is 0.463 e. The summed E-state index contributed by atoms with van der Waals surface area (Å²) >= 11 is 0. The van der Waals surface area contributed by atoms with Crippen molar-refractivity contribution in [1.29, 1.82) is 5.26 Å². The van der Waals surface area contributed by atoms with Crippen molar-refractivity contribution in [2.24, 2.45) is 0 Å². The minimum absolute atomic E-state index is 0.578. The smallest absolute Gasteiger partial charge is 0.151 e. The van der Waals surface area contributed by atoms with E-state index in [1.807, 2.05) is 31.2 Å². The molecule has 0 radical (unpaired) electrons. The topological polar surface area (TPSA) is 36.9 Å². The summed E-state index contributed by atoms with van der Waals surface area (Å²) < 4.78 is 5.26. The van der Waals surface area contributed by atoms with Crippen molar-refractivity contribution in [1.82, 2.24) is 0 Å². The Labute approximate surface area is 82.4 Å². The molecule has 1 aromatic heterocycles. The van der Waals surface area contributed by atoms with Gasteiger partial charge in [-0.1, -0.05) is 29.8 Å². The van der Waals surface area contributed by atoms with Crippen molar-refractivity contribution in [2.75, 3.05) is 0 Å². The number of rotatable bonds is 1. The van der Waals surface area contributed by atoms with Gasteiger partial charge in [-0.15, -0.1) is 0 Å². The third kappa shape index (κ3) is 1.40. The van der Waals surface area contributed by atoms with Crippen LogP contribution in [0.3, 0.4) is 0 Å². The van der Waals surface area contributed by atoms with Crippen LogP contribution in [-0.4, -0.2) is 0 Å². The van der Waals surface area contributed by atoms with Gasteiger partial charge in [0.1, 0.15) is 6.07 Å². The van der Waals surface area contributed by atoms with E-state index in [1.165, 1.54) is 11.8 Å². The van der Waals surface area contributed by atoms with Crippen LogP contribution < -0.4 is 0 Å². The summed E-state index contributed by atoms with van der Waals surface area (Å²) in [6.45, 7) is 2.02. The molecule has 0 atom stereocenters. The first kappa shape index (κ1) is 8.58. The third-order valence-corrected chi connectivity index (χ3v) is 2.10. The Kier molecular flexibility index (Phi) is 2.08. The lowest BCUT2D eigenvalue weighted by atomic mass is 10.1. The molecule has 68 valence electrons. The summed E-state index contributed by atoms with van der Waals surface area (Å²) in [4.78, 5) is 0. The zero-order valence-corrected chi connectivity index (χ0v) is 7.82. The Morgan fingerprint density at radius 3 is 2.50 bits per heavy atom. The van der Waals surface area contributed by atoms with Gasteiger partial charge in [-0.2, -0.15) is 5.26 Å². The summed E-state index contributed by atoms with van der Waals surface area (Å²) in [6, 6.07) is 11.7. The fourth-order valence-electron chi connectivity index (χ4n) is 1.33. The molecular weight excluding hydrogens is 174 g/mol. The normalized spacial score (nSPS) is 9.71. The molecule has 0 saturated carbocycles. The van der Waals surface area contributed by atoms with Crippen molar-refractivity contribution in [3.05, 3.63) is 47.7 Å². The number of nitriles is 1. The van der Waals surface area contributed by atoms with Crippen molar-refractivity contribution in [2.45, 2.75) is 6.92 Å². The van der Waals surface area contributed by atoms with Gasteiger partial charge in [0.2, 0.25) is 0 Å². The summed E-state index contributed by atoms with van der Waals surface area (Å²) in [5, 5.41) is 8.81. The molecule has 0 amide bonds. The zero-order valence-electron chi connectivity index (χ0n) is 7.82. The molecule has 2 aromatic rings. The Morgan fingerprint density at radius 2 is 1.86 bits per heavy atom. The highest BCUT2D eigenvalue weighted by Gasteiger charge is 2.07. The van der Waals surface area contributed by atoms with E-state index >= 15 is 0 Å². The van der Waals surface area contributed by atoms with Gasteiger partial charge in [0.25, 0.3) is 0 Å². The van der Waals surface area contributed by atoms with Gasteiger partial charge in [-0.05, 0) is 13.0 Å². The molecule has 0 bridgehead atoms. The zero-order chi connectivity index (χ0) is 9.97. The highest BCUT2D eigenvalue weighted by molar-refractivity contribution is 5.64. The average Bonchev–Trinajstić information content (AvgIpc) is 2.67. The quantitative estimate of drug-likeness (QED) is 0.681. The van der Waals surface area contributed by atoms with Gasteiger partial charge < -0.3 is 4.42 Å². The van der Waals surface area contributed by atoms with Crippen LogP contribution in [0.4, 0.5) is 0 Å². The maximum atomic E-state index is 8.81. The van der Waals surface area contributed by atoms with Gasteiger partial charge in [0, 0.05) is 5.56 Å². The highest BCUT2D eigenvalue weighted by Crippen LogP contribution is 2.24. The van der Waals surface area contributed by atoms with Crippen LogP contribution in [0.1, 0.15) is 11.1 Å². The maximum Gasteiger partial charge on any atom is 0.151 e. The predicted molar refractivity (Wildman–Crippen MR) is 53.6 cm³/mol. The molecule has 0 fully saturated rings. The summed E-state index contributed by atoms with van der Waals surface area (Å²) in [6.07, 6.45) is 1.54. The lowest BCUT2D eigenvalue weighted by Gasteiger charge is -1.97. The highest BCUT2D eigenvalue weighted by atomic mass is 16.3. The van der Waals surface area contributed by atoms with Gasteiger partial charge in [-0.25, -0.2) is 0 Å². The lowest BCUT2D eigenvalue weighted by molar-refractivity contribution is 0.581. The van der Waals surface area contributed by atoms with E-state index in [0.717, 1.165) is 5.56 Å². The predicted octanol–water partition coefficient (Wildman–Crippen LogP) is 3.13. The molecular formula is C12H9NO. The molecule has 14 heavy (non-hydrogen) atoms. The minimum Gasteiger partial charge on any atom is -0.463 e. The molecule has 0 aliphatic rings. The first-order valence-corrected chi connectivity index (χ1v) is 4.36. The van der Waals surface area contributed by atoms with Gasteiger partial charge >= 0.3 is 0 Å². The average molecular weight is 183 g/mol. The Hall–Kier alpha value is -2.01. The first-order chi connectivity index (χ1) is 6.81. The fraction of sp³-hybridized carbons (Fsp3) is 0.0833. The second-order valence-electron chi connectivity index (χ2n) is 3.14. The summed E-state index contributed by atoms with van der Waals surface area (Å²) in [5.41, 5.74) is 2.71. The summed E-state index contributed by atoms with van der Waals surface area (Å²) in [7, 11) is 0. The number of hydrogen-bond acceptors (Lipinski definition) is 2. The first-order valence-electron chi connectivity index (χ1n) is 4.36. The van der Waals surface area contributed by atoms with E-state index in [1.54, 1.807) is 6.07 Å². The van der Waals surface area contributed by atoms with Crippen LogP contribution in [0.25, 0.3) is 11.3 Å². The van der Waals surface area contributed by atoms with E-state index in [2.05, 4.69) is 6.07 Å². The maximum absolute atomic E-state index is 8.81. The number of aryl methyl sites for hydroxylation is 1. The van der Waals surface area contributed by atoms with Crippen molar-refractivity contribution >= 4 is 0 Å². The monoisotopic (exact) mass is 183 g/mol. The van der Waals surface area contributed by atoms with Crippen LogP contribution in [0.15, 0.2) is 41.0 Å². The SMILES string of the molecule is Cc1ccc(-c2occc2C#N)cc1. The van der Waals surface area contributed by atoms with Crippen LogP contribution in [0, 0.1) is 18.3 Å². The molecule has 2 rings (SSSR count). The van der Waals surface area contributed by atoms with Crippen LogP contribution in [-0.2, 0) is 0 Å². The van der Waals surface area contributed by atoms with E-state index in [0.29, 0.717) is 11.3 Å². The molecule has 0 N–H and O–H groups in total. The molecule has 0 saturated heterocycles. The molecule has 2 heteroatoms. The number of nitrogens with zero attached hydrogens (tertiary/aromatic N) is 1. The molecule has 2 nitrogen and oxygen atoms in total. The standard InChI is InChI=1S/C12H9NO/c1-9-2-4-10(5-3-9)12-11(8-13)6-7-14-12/h2-7H,1H3. The number of hydrogen-bond donors (Lipinski definition) is 0. The van der Waals surface area contributed by atoms with E-state index < -0.39 is 0 Å². The van der Waals surface area contributed by atoms with Crippen molar-refractivity contribution in [3.63, 3.8) is 0 Å². The Morgan fingerprint density at radius 1 is 1.14 bits per heavy atom. The van der Waals surface area contributed by atoms with Gasteiger partial charge in [0.05, 0.1) is 11.8 Å². The molecule has 1 aromatic carbocycles. The van der Waals surface area contributed by atoms with Crippen LogP contribution in [0.2, 0.25) is 0 Å². The lowest BCUT2D eigenvalue weighted by Crippen LogP contribution is -1.78. The van der Waals surface area contributed by atoms with E-state index in [4.69, 9.17) is 9.68 Å².